The molecule has 1 atom stereocenters. The summed E-state index contributed by atoms with van der Waals surface area (Å²) in [6, 6.07) is 12.8. The summed E-state index contributed by atoms with van der Waals surface area (Å²) in [5, 5.41) is 10.2. The van der Waals surface area contributed by atoms with Gasteiger partial charge in [0, 0.05) is 25.6 Å². The molecule has 1 saturated heterocycles. The summed E-state index contributed by atoms with van der Waals surface area (Å²) in [7, 11) is 1.69. The molecule has 1 unspecified atom stereocenters. The number of halogens is 1. The highest BCUT2D eigenvalue weighted by Gasteiger charge is 2.21. The lowest BCUT2D eigenvalue weighted by atomic mass is 9.90. The van der Waals surface area contributed by atoms with Gasteiger partial charge in [-0.05, 0) is 96.0 Å². The topological polar surface area (TPSA) is 51.2 Å². The van der Waals surface area contributed by atoms with Gasteiger partial charge in [0.25, 0.3) is 0 Å². The van der Waals surface area contributed by atoms with Crippen molar-refractivity contribution in [2.45, 2.75) is 38.2 Å². The van der Waals surface area contributed by atoms with Crippen molar-refractivity contribution < 1.29 is 19.3 Å². The molecule has 0 saturated carbocycles. The van der Waals surface area contributed by atoms with Gasteiger partial charge in [0.15, 0.2) is 0 Å². The normalized spacial score (nSPS) is 19.4. The summed E-state index contributed by atoms with van der Waals surface area (Å²) in [4.78, 5) is 2.57. The van der Waals surface area contributed by atoms with E-state index in [2.05, 4.69) is 51.2 Å². The van der Waals surface area contributed by atoms with Crippen LogP contribution >= 0.6 is 15.9 Å². The second-order valence-corrected chi connectivity index (χ2v) is 9.72. The Kier molecular flexibility index (Phi) is 8.47. The number of nitrogens with zero attached hydrogens (tertiary/aromatic N) is 1. The summed E-state index contributed by atoms with van der Waals surface area (Å²) >= 11 is 3.58. The zero-order chi connectivity index (χ0) is 22.3. The monoisotopic (exact) mass is 503 g/mol. The quantitative estimate of drug-likeness (QED) is 0.498. The van der Waals surface area contributed by atoms with Gasteiger partial charge in [-0.25, -0.2) is 0 Å². The molecule has 32 heavy (non-hydrogen) atoms. The molecule has 2 aromatic carbocycles. The highest BCUT2D eigenvalue weighted by molar-refractivity contribution is 9.10. The number of ether oxygens (including phenoxy) is 3. The van der Waals surface area contributed by atoms with E-state index < -0.39 is 0 Å². The van der Waals surface area contributed by atoms with Crippen LogP contribution in [0.4, 0.5) is 0 Å². The average Bonchev–Trinajstić information content (AvgIpc) is 2.81. The Labute approximate surface area is 199 Å². The molecular weight excluding hydrogens is 470 g/mol. The molecule has 0 aromatic heterocycles. The van der Waals surface area contributed by atoms with E-state index in [0.29, 0.717) is 26.2 Å². The van der Waals surface area contributed by atoms with E-state index in [1.807, 2.05) is 6.07 Å². The zero-order valence-electron chi connectivity index (χ0n) is 18.9. The minimum atomic E-state index is -0.390. The van der Waals surface area contributed by atoms with Crippen LogP contribution < -0.4 is 9.47 Å². The Morgan fingerprint density at radius 2 is 1.88 bits per heavy atom. The lowest BCUT2D eigenvalue weighted by Gasteiger charge is -2.32. The molecular formula is C26H34BrNO4. The smallest absolute Gasteiger partial charge is 0.133 e. The summed E-state index contributed by atoms with van der Waals surface area (Å²) in [5.41, 5.74) is 3.58. The molecule has 2 aromatic rings. The maximum atomic E-state index is 10.2. The molecule has 0 aliphatic carbocycles. The zero-order valence-corrected chi connectivity index (χ0v) is 20.5. The van der Waals surface area contributed by atoms with Gasteiger partial charge in [-0.2, -0.15) is 0 Å². The van der Waals surface area contributed by atoms with Gasteiger partial charge < -0.3 is 24.2 Å². The number of likely N-dealkylation sites (tertiary alicyclic amines) is 1. The number of methoxy groups -OCH3 is 1. The molecule has 2 aliphatic rings. The standard InChI is InChI=1S/C26H34BrNO4/c1-30-14-15-32-26-18-21(2-4-23(26)27)16-20-7-11-28(12-8-20)10-6-19-3-5-25-22(17-19)24(29)9-13-31-25/h2-5,17-18,20,24,29H,6-16H2,1H3. The maximum Gasteiger partial charge on any atom is 0.133 e. The van der Waals surface area contributed by atoms with E-state index in [1.54, 1.807) is 7.11 Å². The minimum absolute atomic E-state index is 0.390. The van der Waals surface area contributed by atoms with Gasteiger partial charge in [0.2, 0.25) is 0 Å². The van der Waals surface area contributed by atoms with Gasteiger partial charge in [0.05, 0.1) is 23.8 Å². The molecule has 1 fully saturated rings. The van der Waals surface area contributed by atoms with Gasteiger partial charge in [0.1, 0.15) is 18.1 Å². The number of hydrogen-bond acceptors (Lipinski definition) is 5. The largest absolute Gasteiger partial charge is 0.493 e. The summed E-state index contributed by atoms with van der Waals surface area (Å²) < 4.78 is 17.6. The van der Waals surface area contributed by atoms with E-state index in [1.165, 1.54) is 24.0 Å². The fourth-order valence-electron chi connectivity index (χ4n) is 4.64. The maximum absolute atomic E-state index is 10.2. The van der Waals surface area contributed by atoms with Crippen LogP contribution in [0.5, 0.6) is 11.5 Å². The molecule has 1 N–H and O–H groups in total. The third kappa shape index (κ3) is 6.25. The third-order valence-corrected chi connectivity index (χ3v) is 7.23. The van der Waals surface area contributed by atoms with Crippen molar-refractivity contribution in [3.8, 4) is 11.5 Å². The van der Waals surface area contributed by atoms with Crippen LogP contribution in [0.1, 0.15) is 42.1 Å². The molecule has 6 heteroatoms. The predicted molar refractivity (Wildman–Crippen MR) is 130 cm³/mol. The van der Waals surface area contributed by atoms with Crippen LogP contribution in [0.25, 0.3) is 0 Å². The number of fused-ring (bicyclic) bond motifs is 1. The van der Waals surface area contributed by atoms with E-state index in [9.17, 15) is 5.11 Å². The van der Waals surface area contributed by atoms with Crippen LogP contribution in [0.15, 0.2) is 40.9 Å². The van der Waals surface area contributed by atoms with Crippen LogP contribution in [0.2, 0.25) is 0 Å². The molecule has 4 rings (SSSR count). The van der Waals surface area contributed by atoms with E-state index in [4.69, 9.17) is 14.2 Å². The fraction of sp³-hybridized carbons (Fsp3) is 0.538. The number of rotatable bonds is 9. The molecule has 5 nitrogen and oxygen atoms in total. The predicted octanol–water partition coefficient (Wildman–Crippen LogP) is 4.79. The highest BCUT2D eigenvalue weighted by atomic mass is 79.9. The molecule has 174 valence electrons. The first-order valence-electron chi connectivity index (χ1n) is 11.7. The Bertz CT molecular complexity index is 882. The van der Waals surface area contributed by atoms with Crippen molar-refractivity contribution in [3.05, 3.63) is 57.6 Å². The fourth-order valence-corrected chi connectivity index (χ4v) is 5.00. The number of hydrogen-bond donors (Lipinski definition) is 1. The van der Waals surface area contributed by atoms with Crippen molar-refractivity contribution >= 4 is 15.9 Å². The van der Waals surface area contributed by atoms with Crippen LogP contribution in [-0.2, 0) is 17.6 Å². The van der Waals surface area contributed by atoms with Gasteiger partial charge in [-0.15, -0.1) is 0 Å². The van der Waals surface area contributed by atoms with Gasteiger partial charge in [-0.1, -0.05) is 12.1 Å². The minimum Gasteiger partial charge on any atom is -0.493 e. The number of benzene rings is 2. The second kappa shape index (κ2) is 11.5. The molecule has 0 amide bonds. The molecule has 2 aliphatic heterocycles. The lowest BCUT2D eigenvalue weighted by molar-refractivity contribution is 0.115. The van der Waals surface area contributed by atoms with E-state index in [-0.39, 0.29) is 6.10 Å². The lowest BCUT2D eigenvalue weighted by Crippen LogP contribution is -2.35. The first kappa shape index (κ1) is 23.6. The van der Waals surface area contributed by atoms with Crippen molar-refractivity contribution in [2.24, 2.45) is 5.92 Å². The first-order valence-corrected chi connectivity index (χ1v) is 12.5. The van der Waals surface area contributed by atoms with Crippen LogP contribution in [0.3, 0.4) is 0 Å². The Morgan fingerprint density at radius 3 is 2.69 bits per heavy atom. The van der Waals surface area contributed by atoms with Crippen molar-refractivity contribution in [1.82, 2.24) is 4.90 Å². The van der Waals surface area contributed by atoms with Gasteiger partial charge in [-0.3, -0.25) is 0 Å². The molecule has 0 radical (unpaired) electrons. The summed E-state index contributed by atoms with van der Waals surface area (Å²) in [5.74, 6) is 2.46. The highest BCUT2D eigenvalue weighted by Crippen LogP contribution is 2.33. The summed E-state index contributed by atoms with van der Waals surface area (Å²) in [6.07, 6.45) is 4.87. The van der Waals surface area contributed by atoms with Gasteiger partial charge >= 0.3 is 0 Å². The van der Waals surface area contributed by atoms with Crippen molar-refractivity contribution in [3.63, 3.8) is 0 Å². The van der Waals surface area contributed by atoms with Crippen LogP contribution in [0, 0.1) is 5.92 Å². The molecule has 0 bridgehead atoms. The molecule has 2 heterocycles. The molecule has 0 spiro atoms. The third-order valence-electron chi connectivity index (χ3n) is 6.57. The average molecular weight is 504 g/mol. The number of aliphatic hydroxyl groups is 1. The van der Waals surface area contributed by atoms with Crippen molar-refractivity contribution in [2.75, 3.05) is 46.6 Å². The first-order chi connectivity index (χ1) is 15.6. The number of piperidine rings is 1. The van der Waals surface area contributed by atoms with Crippen molar-refractivity contribution in [1.29, 1.82) is 0 Å². The Hall–Kier alpha value is -1.60. The number of aliphatic hydroxyl groups excluding tert-OH is 1. The summed E-state index contributed by atoms with van der Waals surface area (Å²) in [6.45, 7) is 5.12. The van der Waals surface area contributed by atoms with E-state index >= 15 is 0 Å². The SMILES string of the molecule is COCCOc1cc(CC2CCN(CCc3ccc4c(c3)C(O)CCO4)CC2)ccc1Br. The Morgan fingerprint density at radius 1 is 1.06 bits per heavy atom. The second-order valence-electron chi connectivity index (χ2n) is 8.87. The Balaban J connectivity index is 1.23. The van der Waals surface area contributed by atoms with E-state index in [0.717, 1.165) is 59.9 Å². The van der Waals surface area contributed by atoms with Crippen LogP contribution in [-0.4, -0.2) is 56.6 Å².